The maximum absolute atomic E-state index is 6.40. The van der Waals surface area contributed by atoms with Crippen molar-refractivity contribution in [1.82, 2.24) is 4.90 Å². The van der Waals surface area contributed by atoms with E-state index in [1.54, 1.807) is 0 Å². The number of hydrogen-bond acceptors (Lipinski definition) is 4. The largest absolute Gasteiger partial charge is 0.379 e. The minimum absolute atomic E-state index is 0.119. The van der Waals surface area contributed by atoms with E-state index in [4.69, 9.17) is 15.2 Å². The summed E-state index contributed by atoms with van der Waals surface area (Å²) in [6.07, 6.45) is 34.1. The number of unbranched alkanes of at least 4 members (excludes halogenated alkanes) is 22. The van der Waals surface area contributed by atoms with Crippen LogP contribution in [0.5, 0.6) is 0 Å². The van der Waals surface area contributed by atoms with Crippen LogP contribution in [0.25, 0.3) is 0 Å². The number of nitrogens with two attached hydrogens (primary N) is 1. The lowest BCUT2D eigenvalue weighted by Crippen LogP contribution is -2.44. The Balaban J connectivity index is 3.86. The monoisotopic (exact) mass is 555 g/mol. The van der Waals surface area contributed by atoms with Crippen molar-refractivity contribution in [1.29, 1.82) is 0 Å². The molecule has 4 heteroatoms. The fraction of sp³-hybridized carbons (Fsp3) is 1.00. The van der Waals surface area contributed by atoms with E-state index in [1.165, 1.54) is 148 Å². The molecule has 0 rings (SSSR count). The first-order chi connectivity index (χ1) is 19.2. The molecule has 0 aliphatic rings. The summed E-state index contributed by atoms with van der Waals surface area (Å²) >= 11 is 0. The minimum Gasteiger partial charge on any atom is -0.379 e. The summed E-state index contributed by atoms with van der Waals surface area (Å²) in [7, 11) is 4.29. The van der Waals surface area contributed by atoms with Gasteiger partial charge in [0.15, 0.2) is 0 Å². The molecular weight excluding hydrogens is 480 g/mol. The van der Waals surface area contributed by atoms with E-state index in [2.05, 4.69) is 32.8 Å². The molecule has 0 aliphatic heterocycles. The van der Waals surface area contributed by atoms with Gasteiger partial charge in [0.05, 0.1) is 12.7 Å². The zero-order chi connectivity index (χ0) is 28.7. The summed E-state index contributed by atoms with van der Waals surface area (Å²) in [4.78, 5) is 2.27. The lowest BCUT2D eigenvalue weighted by atomic mass is 10.1. The predicted octanol–water partition coefficient (Wildman–Crippen LogP) is 10.1. The molecule has 0 aromatic rings. The van der Waals surface area contributed by atoms with Gasteiger partial charge >= 0.3 is 0 Å². The summed E-state index contributed by atoms with van der Waals surface area (Å²) in [5, 5.41) is 0. The van der Waals surface area contributed by atoms with E-state index in [9.17, 15) is 0 Å². The lowest BCUT2D eigenvalue weighted by Gasteiger charge is -2.32. The van der Waals surface area contributed by atoms with Crippen LogP contribution in [0.1, 0.15) is 174 Å². The van der Waals surface area contributed by atoms with Crippen molar-refractivity contribution in [2.24, 2.45) is 5.73 Å². The van der Waals surface area contributed by atoms with E-state index in [-0.39, 0.29) is 6.10 Å². The van der Waals surface area contributed by atoms with Crippen molar-refractivity contribution in [3.05, 3.63) is 0 Å². The molecule has 4 nitrogen and oxygen atoms in total. The van der Waals surface area contributed by atoms with Crippen molar-refractivity contribution in [2.75, 3.05) is 40.5 Å². The molecule has 2 atom stereocenters. The van der Waals surface area contributed by atoms with Crippen LogP contribution in [-0.2, 0) is 9.47 Å². The van der Waals surface area contributed by atoms with Crippen LogP contribution < -0.4 is 5.73 Å². The molecule has 0 spiro atoms. The topological polar surface area (TPSA) is 47.7 Å². The van der Waals surface area contributed by atoms with Crippen LogP contribution >= 0.6 is 0 Å². The van der Waals surface area contributed by atoms with Crippen LogP contribution in [0.3, 0.4) is 0 Å². The van der Waals surface area contributed by atoms with Crippen molar-refractivity contribution < 1.29 is 9.47 Å². The van der Waals surface area contributed by atoms with Gasteiger partial charge in [0.25, 0.3) is 0 Å². The molecule has 0 radical (unpaired) electrons. The molecule has 0 aromatic carbocycles. The number of hydrogen-bond donors (Lipinski definition) is 1. The second-order valence-corrected chi connectivity index (χ2v) is 12.4. The normalized spacial score (nSPS) is 13.4. The maximum atomic E-state index is 6.40. The molecule has 0 amide bonds. The second-order valence-electron chi connectivity index (χ2n) is 12.4. The van der Waals surface area contributed by atoms with Gasteiger partial charge in [-0.05, 0) is 39.9 Å². The highest BCUT2D eigenvalue weighted by molar-refractivity contribution is 4.77. The SMILES string of the molecule is CCCCCCCCCCCCCCOCC(OCCCCCCCCCCCCCC)C(CCN)N(C)C. The molecule has 0 bridgehead atoms. The van der Waals surface area contributed by atoms with Crippen LogP contribution in [0.2, 0.25) is 0 Å². The van der Waals surface area contributed by atoms with Gasteiger partial charge in [-0.1, -0.05) is 155 Å². The van der Waals surface area contributed by atoms with Crippen LogP contribution in [0, 0.1) is 0 Å². The highest BCUT2D eigenvalue weighted by Gasteiger charge is 2.24. The van der Waals surface area contributed by atoms with Gasteiger partial charge in [-0.15, -0.1) is 0 Å². The molecule has 0 saturated heterocycles. The quantitative estimate of drug-likeness (QED) is 0.0820. The number of ether oxygens (including phenoxy) is 2. The van der Waals surface area contributed by atoms with Crippen LogP contribution in [-0.4, -0.2) is 57.5 Å². The van der Waals surface area contributed by atoms with Crippen molar-refractivity contribution in [3.8, 4) is 0 Å². The Bertz CT molecular complexity index is 446. The number of nitrogens with zero attached hydrogens (tertiary/aromatic N) is 1. The Labute approximate surface area is 246 Å². The highest BCUT2D eigenvalue weighted by Crippen LogP contribution is 2.15. The zero-order valence-electron chi connectivity index (χ0n) is 27.5. The summed E-state index contributed by atoms with van der Waals surface area (Å²) in [5.41, 5.74) is 5.94. The van der Waals surface area contributed by atoms with E-state index in [0.29, 0.717) is 19.2 Å². The lowest BCUT2D eigenvalue weighted by molar-refractivity contribution is -0.0566. The van der Waals surface area contributed by atoms with Crippen LogP contribution in [0.15, 0.2) is 0 Å². The summed E-state index contributed by atoms with van der Waals surface area (Å²) in [6, 6.07) is 0.328. The van der Waals surface area contributed by atoms with E-state index >= 15 is 0 Å². The third-order valence-corrected chi connectivity index (χ3v) is 8.31. The van der Waals surface area contributed by atoms with Crippen molar-refractivity contribution in [2.45, 2.75) is 187 Å². The fourth-order valence-corrected chi connectivity index (χ4v) is 5.64. The smallest absolute Gasteiger partial charge is 0.0963 e. The molecule has 2 unspecified atom stereocenters. The Morgan fingerprint density at radius 1 is 0.513 bits per heavy atom. The Hall–Kier alpha value is -0.160. The molecule has 0 fully saturated rings. The third-order valence-electron chi connectivity index (χ3n) is 8.31. The number of rotatable bonds is 33. The van der Waals surface area contributed by atoms with Gasteiger partial charge in [-0.3, -0.25) is 0 Å². The number of likely N-dealkylation sites (N-methyl/N-ethyl adjacent to an activating group) is 1. The first kappa shape index (κ1) is 38.8. The van der Waals surface area contributed by atoms with E-state index in [1.807, 2.05) is 0 Å². The van der Waals surface area contributed by atoms with Gasteiger partial charge in [-0.2, -0.15) is 0 Å². The molecule has 0 heterocycles. The first-order valence-electron chi connectivity index (χ1n) is 17.7. The predicted molar refractivity (Wildman–Crippen MR) is 174 cm³/mol. The van der Waals surface area contributed by atoms with E-state index < -0.39 is 0 Å². The highest BCUT2D eigenvalue weighted by atomic mass is 16.5. The minimum atomic E-state index is 0.119. The van der Waals surface area contributed by atoms with E-state index in [0.717, 1.165) is 26.1 Å². The van der Waals surface area contributed by atoms with Gasteiger partial charge in [0.2, 0.25) is 0 Å². The maximum Gasteiger partial charge on any atom is 0.0963 e. The summed E-state index contributed by atoms with van der Waals surface area (Å²) in [6.45, 7) is 7.68. The average molecular weight is 555 g/mol. The standard InChI is InChI=1S/C35H74N2O2/c1-5-7-9-11-13-15-17-19-21-23-25-27-31-38-33-35(34(29-30-36)37(3)4)39-32-28-26-24-22-20-18-16-14-12-10-8-6-2/h34-35H,5-33,36H2,1-4H3. The van der Waals surface area contributed by atoms with Gasteiger partial charge in [0.1, 0.15) is 0 Å². The molecule has 0 aromatic heterocycles. The summed E-state index contributed by atoms with van der Waals surface area (Å²) < 4.78 is 12.5. The zero-order valence-corrected chi connectivity index (χ0v) is 27.5. The van der Waals surface area contributed by atoms with Gasteiger partial charge < -0.3 is 20.1 Å². The molecule has 2 N–H and O–H groups in total. The van der Waals surface area contributed by atoms with Crippen molar-refractivity contribution >= 4 is 0 Å². The van der Waals surface area contributed by atoms with Gasteiger partial charge in [0, 0.05) is 19.3 Å². The van der Waals surface area contributed by atoms with Crippen molar-refractivity contribution in [3.63, 3.8) is 0 Å². The Morgan fingerprint density at radius 2 is 0.872 bits per heavy atom. The Morgan fingerprint density at radius 3 is 1.23 bits per heavy atom. The molecule has 236 valence electrons. The molecule has 0 saturated carbocycles. The molecule has 39 heavy (non-hydrogen) atoms. The summed E-state index contributed by atoms with van der Waals surface area (Å²) in [5.74, 6) is 0. The third kappa shape index (κ3) is 27.8. The Kier molecular flexibility index (Phi) is 32.2. The fourth-order valence-electron chi connectivity index (χ4n) is 5.64. The average Bonchev–Trinajstić information content (AvgIpc) is 2.93. The molecule has 0 aliphatic carbocycles. The van der Waals surface area contributed by atoms with Gasteiger partial charge in [-0.25, -0.2) is 0 Å². The van der Waals surface area contributed by atoms with Crippen LogP contribution in [0.4, 0.5) is 0 Å². The second kappa shape index (κ2) is 32.4. The molecular formula is C35H74N2O2. The first-order valence-corrected chi connectivity index (χ1v) is 17.7.